The lowest BCUT2D eigenvalue weighted by Crippen LogP contribution is -2.50. The lowest BCUT2D eigenvalue weighted by Gasteiger charge is -2.38. The largest absolute Gasteiger partial charge is 0.488 e. The number of imidazole rings is 1. The van der Waals surface area contributed by atoms with E-state index in [0.29, 0.717) is 24.8 Å². The minimum absolute atomic E-state index is 0.0252. The molecule has 10 nitrogen and oxygen atoms in total. The van der Waals surface area contributed by atoms with Gasteiger partial charge in [-0.25, -0.2) is 4.98 Å². The van der Waals surface area contributed by atoms with E-state index in [4.69, 9.17) is 4.74 Å². The number of fused-ring (bicyclic) bond motifs is 1. The Morgan fingerprint density at radius 3 is 2.63 bits per heavy atom. The maximum atomic E-state index is 13.6. The molecule has 1 aromatic heterocycles. The molecule has 2 aliphatic rings. The molecule has 1 saturated carbocycles. The van der Waals surface area contributed by atoms with Gasteiger partial charge in [-0.2, -0.15) is 8.42 Å². The molecule has 0 radical (unpaired) electrons. The monoisotopic (exact) mass is 547 g/mol. The zero-order chi connectivity index (χ0) is 27.4. The number of likely N-dealkylation sites (N-methyl/N-ethyl adjacent to an activating group) is 1. The van der Waals surface area contributed by atoms with Gasteiger partial charge in [-0.1, -0.05) is 26.2 Å². The van der Waals surface area contributed by atoms with E-state index in [2.05, 4.69) is 28.6 Å². The Hall–Kier alpha value is -2.63. The van der Waals surface area contributed by atoms with E-state index in [9.17, 15) is 18.3 Å². The van der Waals surface area contributed by atoms with Crippen LogP contribution in [-0.2, 0) is 17.1 Å². The first-order chi connectivity index (χ1) is 18.1. The number of hydrogen-bond acceptors (Lipinski definition) is 7. The van der Waals surface area contributed by atoms with Gasteiger partial charge < -0.3 is 24.2 Å². The third-order valence-corrected chi connectivity index (χ3v) is 8.93. The van der Waals surface area contributed by atoms with Crippen LogP contribution in [0.2, 0.25) is 0 Å². The van der Waals surface area contributed by atoms with Crippen LogP contribution in [0.3, 0.4) is 0 Å². The highest BCUT2D eigenvalue weighted by Crippen LogP contribution is 2.32. The number of hydrogen-bond donors (Lipinski definition) is 2. The number of rotatable bonds is 9. The van der Waals surface area contributed by atoms with Gasteiger partial charge in [0, 0.05) is 44.5 Å². The van der Waals surface area contributed by atoms with Gasteiger partial charge in [-0.3, -0.25) is 9.52 Å². The van der Waals surface area contributed by atoms with E-state index in [1.165, 1.54) is 50.7 Å². The van der Waals surface area contributed by atoms with Gasteiger partial charge in [-0.05, 0) is 50.9 Å². The van der Waals surface area contributed by atoms with E-state index < -0.39 is 16.1 Å². The molecular weight excluding hydrogens is 506 g/mol. The molecule has 1 aliphatic heterocycles. The minimum atomic E-state index is -3.93. The van der Waals surface area contributed by atoms with Gasteiger partial charge in [0.1, 0.15) is 11.9 Å². The average Bonchev–Trinajstić information content (AvgIpc) is 3.34. The standard InChI is InChI=1S/C27H41N5O5S/c1-19-13-32(20(2)17-33)27(34)23-12-22(29-38(35,36)26-16-31(4)18-28-26)10-11-24(23)37-25(19)15-30(3)14-21-8-6-5-7-9-21/h10-12,16,18-21,25,29,33H,5-9,13-15,17H2,1-4H3/t19-,20+,25-/m0/s1. The van der Waals surface area contributed by atoms with Gasteiger partial charge in [0.15, 0.2) is 5.03 Å². The number of carbonyl (C=O) groups is 1. The van der Waals surface area contributed by atoms with E-state index in [1.807, 2.05) is 6.92 Å². The topological polar surface area (TPSA) is 117 Å². The van der Waals surface area contributed by atoms with Crippen molar-refractivity contribution >= 4 is 21.6 Å². The second-order valence-corrected chi connectivity index (χ2v) is 12.7. The Balaban J connectivity index is 1.60. The van der Waals surface area contributed by atoms with Crippen LogP contribution in [-0.4, -0.2) is 84.2 Å². The minimum Gasteiger partial charge on any atom is -0.488 e. The summed E-state index contributed by atoms with van der Waals surface area (Å²) in [6.07, 6.45) is 9.09. The first-order valence-corrected chi connectivity index (χ1v) is 15.0. The number of aliphatic hydroxyl groups excluding tert-OH is 1. The number of aryl methyl sites for hydroxylation is 1. The number of benzene rings is 1. The maximum Gasteiger partial charge on any atom is 0.280 e. The van der Waals surface area contributed by atoms with E-state index >= 15 is 0 Å². The van der Waals surface area contributed by atoms with Crippen molar-refractivity contribution in [1.82, 2.24) is 19.4 Å². The lowest BCUT2D eigenvalue weighted by molar-refractivity contribution is 0.0330. The number of anilines is 1. The van der Waals surface area contributed by atoms with Crippen LogP contribution < -0.4 is 9.46 Å². The van der Waals surface area contributed by atoms with Crippen LogP contribution >= 0.6 is 0 Å². The van der Waals surface area contributed by atoms with Crippen molar-refractivity contribution in [3.8, 4) is 5.75 Å². The number of ether oxygens (including phenoxy) is 1. The summed E-state index contributed by atoms with van der Waals surface area (Å²) in [6.45, 7) is 5.86. The van der Waals surface area contributed by atoms with Crippen molar-refractivity contribution in [3.63, 3.8) is 0 Å². The zero-order valence-electron chi connectivity index (χ0n) is 22.8. The van der Waals surface area contributed by atoms with Gasteiger partial charge in [-0.15, -0.1) is 0 Å². The van der Waals surface area contributed by atoms with Gasteiger partial charge in [0.2, 0.25) is 0 Å². The maximum absolute atomic E-state index is 13.6. The molecule has 2 aromatic rings. The van der Waals surface area contributed by atoms with Crippen LogP contribution in [0.25, 0.3) is 0 Å². The lowest BCUT2D eigenvalue weighted by atomic mass is 9.89. The molecule has 0 unspecified atom stereocenters. The Morgan fingerprint density at radius 2 is 1.97 bits per heavy atom. The predicted molar refractivity (Wildman–Crippen MR) is 146 cm³/mol. The molecule has 1 amide bonds. The fourth-order valence-corrected chi connectivity index (χ4v) is 6.46. The van der Waals surface area contributed by atoms with Crippen molar-refractivity contribution in [1.29, 1.82) is 0 Å². The van der Waals surface area contributed by atoms with Crippen LogP contribution in [0.1, 0.15) is 56.3 Å². The molecule has 11 heteroatoms. The molecule has 1 fully saturated rings. The Kier molecular flexibility index (Phi) is 9.00. The first kappa shape index (κ1) is 28.4. The summed E-state index contributed by atoms with van der Waals surface area (Å²) < 4.78 is 36.2. The molecule has 3 atom stereocenters. The first-order valence-electron chi connectivity index (χ1n) is 13.5. The highest BCUT2D eigenvalue weighted by molar-refractivity contribution is 7.92. The molecule has 1 aliphatic carbocycles. The molecule has 0 bridgehead atoms. The van der Waals surface area contributed by atoms with Crippen molar-refractivity contribution in [2.45, 2.75) is 63.1 Å². The molecule has 0 saturated heterocycles. The third kappa shape index (κ3) is 6.68. The molecule has 4 rings (SSSR count). The quantitative estimate of drug-likeness (QED) is 0.496. The third-order valence-electron chi connectivity index (χ3n) is 7.66. The van der Waals surface area contributed by atoms with E-state index in [0.717, 1.165) is 6.54 Å². The van der Waals surface area contributed by atoms with Gasteiger partial charge in [0.05, 0.1) is 24.5 Å². The van der Waals surface area contributed by atoms with Crippen LogP contribution in [0, 0.1) is 11.8 Å². The van der Waals surface area contributed by atoms with Crippen molar-refractivity contribution in [3.05, 3.63) is 36.3 Å². The smallest absolute Gasteiger partial charge is 0.280 e. The average molecular weight is 548 g/mol. The molecule has 38 heavy (non-hydrogen) atoms. The summed E-state index contributed by atoms with van der Waals surface area (Å²) in [5, 5.41) is 9.78. The summed E-state index contributed by atoms with van der Waals surface area (Å²) in [5.74, 6) is 0.833. The van der Waals surface area contributed by atoms with Crippen molar-refractivity contribution in [2.75, 3.05) is 38.0 Å². The molecule has 2 heterocycles. The Bertz CT molecular complexity index is 1210. The normalized spacial score (nSPS) is 21.9. The molecule has 0 spiro atoms. The number of nitrogens with zero attached hydrogens (tertiary/aromatic N) is 4. The van der Waals surface area contributed by atoms with E-state index in [1.54, 1.807) is 28.6 Å². The second kappa shape index (κ2) is 12.0. The number of sulfonamides is 1. The van der Waals surface area contributed by atoms with E-state index in [-0.39, 0.29) is 40.8 Å². The van der Waals surface area contributed by atoms with Gasteiger partial charge in [0.25, 0.3) is 15.9 Å². The Morgan fingerprint density at radius 1 is 1.24 bits per heavy atom. The van der Waals surface area contributed by atoms with Crippen molar-refractivity contribution < 1.29 is 23.1 Å². The predicted octanol–water partition coefficient (Wildman–Crippen LogP) is 2.95. The number of aromatic nitrogens is 2. The molecular formula is C27H41N5O5S. The summed E-state index contributed by atoms with van der Waals surface area (Å²) in [7, 11) is -0.118. The summed E-state index contributed by atoms with van der Waals surface area (Å²) in [4.78, 5) is 21.6. The van der Waals surface area contributed by atoms with Crippen LogP contribution in [0.5, 0.6) is 5.75 Å². The molecule has 1 aromatic carbocycles. The summed E-state index contributed by atoms with van der Waals surface area (Å²) in [5.41, 5.74) is 0.501. The van der Waals surface area contributed by atoms with Crippen LogP contribution in [0.4, 0.5) is 5.69 Å². The molecule has 2 N–H and O–H groups in total. The second-order valence-electron chi connectivity index (χ2n) is 11.0. The fraction of sp³-hybridized carbons (Fsp3) is 0.630. The highest BCUT2D eigenvalue weighted by Gasteiger charge is 2.34. The zero-order valence-corrected chi connectivity index (χ0v) is 23.7. The number of amides is 1. The van der Waals surface area contributed by atoms with Crippen molar-refractivity contribution in [2.24, 2.45) is 18.9 Å². The number of nitrogens with one attached hydrogen (secondary N) is 1. The number of aliphatic hydroxyl groups is 1. The molecule has 210 valence electrons. The Labute approximate surface area is 226 Å². The van der Waals surface area contributed by atoms with Crippen LogP contribution in [0.15, 0.2) is 35.7 Å². The SMILES string of the molecule is C[C@H](CO)N1C[C@H](C)[C@H](CN(C)CC2CCCCC2)Oc2ccc(NS(=O)(=O)c3cn(C)cn3)cc2C1=O. The highest BCUT2D eigenvalue weighted by atomic mass is 32.2. The fourth-order valence-electron chi connectivity index (χ4n) is 5.43. The summed E-state index contributed by atoms with van der Waals surface area (Å²) >= 11 is 0. The summed E-state index contributed by atoms with van der Waals surface area (Å²) in [6, 6.07) is 4.36. The van der Waals surface area contributed by atoms with Gasteiger partial charge >= 0.3 is 0 Å². The number of carbonyl (C=O) groups excluding carboxylic acids is 1.